The van der Waals surface area contributed by atoms with E-state index < -0.39 is 0 Å². The Hall–Kier alpha value is -2.82. The molecule has 0 spiro atoms. The van der Waals surface area contributed by atoms with Gasteiger partial charge in [-0.05, 0) is 25.1 Å². The molecule has 4 aromatic rings. The molecule has 0 N–H and O–H groups in total. The summed E-state index contributed by atoms with van der Waals surface area (Å²) in [6, 6.07) is 12.2. The molecular formula is C17H16N4O. The van der Waals surface area contributed by atoms with Crippen molar-refractivity contribution >= 4 is 22.3 Å². The van der Waals surface area contributed by atoms with Crippen molar-refractivity contribution in [2.24, 2.45) is 0 Å². The minimum atomic E-state index is 0.658. The van der Waals surface area contributed by atoms with Gasteiger partial charge in [0.2, 0.25) is 0 Å². The summed E-state index contributed by atoms with van der Waals surface area (Å²) in [5.41, 5.74) is 2.89. The van der Waals surface area contributed by atoms with Gasteiger partial charge < -0.3 is 9.32 Å². The van der Waals surface area contributed by atoms with Crippen LogP contribution in [0.2, 0.25) is 0 Å². The lowest BCUT2D eigenvalue weighted by atomic mass is 10.2. The molecule has 3 aromatic heterocycles. The Morgan fingerprint density at radius 2 is 2.09 bits per heavy atom. The lowest BCUT2D eigenvalue weighted by Crippen LogP contribution is -2.18. The minimum Gasteiger partial charge on any atom is -0.459 e. The van der Waals surface area contributed by atoms with E-state index in [2.05, 4.69) is 27.1 Å². The third kappa shape index (κ3) is 2.11. The van der Waals surface area contributed by atoms with E-state index in [1.165, 1.54) is 0 Å². The van der Waals surface area contributed by atoms with Crippen LogP contribution in [0.25, 0.3) is 16.5 Å². The van der Waals surface area contributed by atoms with Crippen LogP contribution in [-0.2, 0) is 6.54 Å². The number of benzene rings is 1. The quantitative estimate of drug-likeness (QED) is 0.580. The molecule has 0 unspecified atom stereocenters. The van der Waals surface area contributed by atoms with Gasteiger partial charge in [0.25, 0.3) is 0 Å². The fraction of sp³-hybridized carbons (Fsp3) is 0.176. The second-order valence-electron chi connectivity index (χ2n) is 5.47. The maximum atomic E-state index is 5.89. The van der Waals surface area contributed by atoms with Crippen LogP contribution in [0, 0.1) is 6.92 Å². The molecule has 3 heterocycles. The van der Waals surface area contributed by atoms with Crippen molar-refractivity contribution in [1.82, 2.24) is 14.6 Å². The van der Waals surface area contributed by atoms with Gasteiger partial charge in [0.1, 0.15) is 16.9 Å². The van der Waals surface area contributed by atoms with Gasteiger partial charge in [-0.15, -0.1) is 0 Å². The second-order valence-corrected chi connectivity index (χ2v) is 5.47. The van der Waals surface area contributed by atoms with Gasteiger partial charge in [-0.25, -0.2) is 9.50 Å². The topological polar surface area (TPSA) is 46.6 Å². The molecule has 110 valence electrons. The molecule has 0 aliphatic carbocycles. The number of furan rings is 1. The molecule has 4 rings (SSSR count). The Balaban J connectivity index is 1.69. The Morgan fingerprint density at radius 3 is 2.95 bits per heavy atom. The van der Waals surface area contributed by atoms with Gasteiger partial charge in [0.05, 0.1) is 12.2 Å². The zero-order valence-electron chi connectivity index (χ0n) is 12.5. The fourth-order valence-corrected chi connectivity index (χ4v) is 2.75. The molecule has 0 radical (unpaired) electrons. The van der Waals surface area contributed by atoms with Crippen molar-refractivity contribution in [3.8, 4) is 0 Å². The highest BCUT2D eigenvalue weighted by Crippen LogP contribution is 2.23. The number of aryl methyl sites for hydroxylation is 1. The number of hydrogen-bond donors (Lipinski definition) is 0. The maximum absolute atomic E-state index is 5.89. The van der Waals surface area contributed by atoms with Gasteiger partial charge in [-0.1, -0.05) is 18.2 Å². The van der Waals surface area contributed by atoms with E-state index in [-0.39, 0.29) is 0 Å². The van der Waals surface area contributed by atoms with Crippen molar-refractivity contribution in [2.45, 2.75) is 13.5 Å². The van der Waals surface area contributed by atoms with E-state index in [0.29, 0.717) is 6.54 Å². The summed E-state index contributed by atoms with van der Waals surface area (Å²) in [6.45, 7) is 2.64. The predicted molar refractivity (Wildman–Crippen MR) is 86.0 cm³/mol. The largest absolute Gasteiger partial charge is 0.459 e. The molecule has 1 aromatic carbocycles. The molecule has 22 heavy (non-hydrogen) atoms. The molecule has 5 nitrogen and oxygen atoms in total. The molecule has 0 bridgehead atoms. The third-order valence-electron chi connectivity index (χ3n) is 3.72. The summed E-state index contributed by atoms with van der Waals surface area (Å²) in [6.07, 6.45) is 3.63. The monoisotopic (exact) mass is 292 g/mol. The zero-order valence-corrected chi connectivity index (χ0v) is 12.5. The zero-order chi connectivity index (χ0) is 15.1. The first-order valence-corrected chi connectivity index (χ1v) is 7.20. The van der Waals surface area contributed by atoms with Crippen molar-refractivity contribution in [1.29, 1.82) is 0 Å². The number of rotatable bonds is 3. The summed E-state index contributed by atoms with van der Waals surface area (Å²) in [7, 11) is 2.01. The Morgan fingerprint density at radius 1 is 1.23 bits per heavy atom. The molecule has 0 fully saturated rings. The number of nitrogens with zero attached hydrogens (tertiary/aromatic N) is 4. The molecule has 0 aliphatic heterocycles. The van der Waals surface area contributed by atoms with Crippen molar-refractivity contribution in [2.75, 3.05) is 11.9 Å². The molecule has 0 saturated carbocycles. The number of aromatic nitrogens is 3. The van der Waals surface area contributed by atoms with Crippen LogP contribution in [0.3, 0.4) is 0 Å². The van der Waals surface area contributed by atoms with Crippen LogP contribution in [0.4, 0.5) is 5.82 Å². The number of para-hydroxylation sites is 1. The number of hydrogen-bond acceptors (Lipinski definition) is 4. The Kier molecular flexibility index (Phi) is 2.85. The van der Waals surface area contributed by atoms with E-state index >= 15 is 0 Å². The van der Waals surface area contributed by atoms with E-state index in [4.69, 9.17) is 4.42 Å². The number of fused-ring (bicyclic) bond motifs is 2. The van der Waals surface area contributed by atoms with Crippen LogP contribution < -0.4 is 4.90 Å². The maximum Gasteiger partial charge on any atom is 0.154 e. The summed E-state index contributed by atoms with van der Waals surface area (Å²) in [5, 5.41) is 5.55. The van der Waals surface area contributed by atoms with Crippen molar-refractivity contribution in [3.05, 3.63) is 60.2 Å². The highest BCUT2D eigenvalue weighted by atomic mass is 16.3. The van der Waals surface area contributed by atoms with Crippen LogP contribution in [0.15, 0.2) is 53.2 Å². The average Bonchev–Trinajstić information content (AvgIpc) is 3.07. The van der Waals surface area contributed by atoms with E-state index in [1.807, 2.05) is 48.9 Å². The van der Waals surface area contributed by atoms with Crippen molar-refractivity contribution in [3.63, 3.8) is 0 Å². The highest BCUT2D eigenvalue weighted by molar-refractivity contribution is 5.78. The lowest BCUT2D eigenvalue weighted by Gasteiger charge is -2.17. The average molecular weight is 292 g/mol. The normalized spacial score (nSPS) is 11.4. The van der Waals surface area contributed by atoms with E-state index in [9.17, 15) is 0 Å². The number of anilines is 1. The van der Waals surface area contributed by atoms with Crippen LogP contribution in [0.5, 0.6) is 0 Å². The van der Waals surface area contributed by atoms with Gasteiger partial charge in [0, 0.05) is 24.8 Å². The minimum absolute atomic E-state index is 0.658. The molecule has 0 aliphatic rings. The van der Waals surface area contributed by atoms with Crippen LogP contribution in [-0.4, -0.2) is 21.6 Å². The Labute approximate surface area is 127 Å². The summed E-state index contributed by atoms with van der Waals surface area (Å²) in [5.74, 6) is 1.81. The highest BCUT2D eigenvalue weighted by Gasteiger charge is 2.12. The smallest absolute Gasteiger partial charge is 0.154 e. The standard InChI is InChI=1S/C17H16N4O/c1-12-9-15-17(18-7-8-21(15)19-12)20(2)11-14-10-13-5-3-4-6-16(13)22-14/h3-10H,11H2,1-2H3. The molecular weight excluding hydrogens is 276 g/mol. The molecule has 5 heteroatoms. The lowest BCUT2D eigenvalue weighted by molar-refractivity contribution is 0.545. The second kappa shape index (κ2) is 4.87. The van der Waals surface area contributed by atoms with Crippen molar-refractivity contribution < 1.29 is 4.42 Å². The SMILES string of the molecule is Cc1cc2c(N(C)Cc3cc4ccccc4o3)nccn2n1. The summed E-state index contributed by atoms with van der Waals surface area (Å²) >= 11 is 0. The van der Waals surface area contributed by atoms with Gasteiger partial charge in [-0.2, -0.15) is 5.10 Å². The van der Waals surface area contributed by atoms with E-state index in [0.717, 1.165) is 33.8 Å². The van der Waals surface area contributed by atoms with Crippen LogP contribution >= 0.6 is 0 Å². The van der Waals surface area contributed by atoms with Gasteiger partial charge in [-0.3, -0.25) is 0 Å². The molecule has 0 saturated heterocycles. The summed E-state index contributed by atoms with van der Waals surface area (Å²) < 4.78 is 7.74. The first-order valence-electron chi connectivity index (χ1n) is 7.20. The first kappa shape index (κ1) is 12.9. The molecule has 0 atom stereocenters. The predicted octanol–water partition coefficient (Wildman–Crippen LogP) is 3.42. The van der Waals surface area contributed by atoms with Crippen LogP contribution in [0.1, 0.15) is 11.5 Å². The molecule has 0 amide bonds. The van der Waals surface area contributed by atoms with Gasteiger partial charge in [0.15, 0.2) is 5.82 Å². The first-order chi connectivity index (χ1) is 10.7. The summed E-state index contributed by atoms with van der Waals surface area (Å²) in [4.78, 5) is 6.57. The Bertz CT molecular complexity index is 921. The van der Waals surface area contributed by atoms with E-state index in [1.54, 1.807) is 6.20 Å². The third-order valence-corrected chi connectivity index (χ3v) is 3.72. The fourth-order valence-electron chi connectivity index (χ4n) is 2.75. The van der Waals surface area contributed by atoms with Gasteiger partial charge >= 0.3 is 0 Å².